The number of carbonyl (C=O) groups is 1. The molecule has 0 aliphatic carbocycles. The van der Waals surface area contributed by atoms with Gasteiger partial charge in [0.25, 0.3) is 15.9 Å². The van der Waals surface area contributed by atoms with Crippen molar-refractivity contribution < 1.29 is 22.4 Å². The molecule has 0 saturated carbocycles. The predicted octanol–water partition coefficient (Wildman–Crippen LogP) is 1.98. The summed E-state index contributed by atoms with van der Waals surface area (Å²) >= 11 is 0. The van der Waals surface area contributed by atoms with Crippen LogP contribution < -0.4 is 10.2 Å². The van der Waals surface area contributed by atoms with Crippen LogP contribution in [0.5, 0.6) is 0 Å². The number of rotatable bonds is 6. The Morgan fingerprint density at radius 3 is 2.30 bits per heavy atom. The van der Waals surface area contributed by atoms with E-state index in [1.54, 1.807) is 12.1 Å². The van der Waals surface area contributed by atoms with Gasteiger partial charge >= 0.3 is 0 Å². The predicted molar refractivity (Wildman–Crippen MR) is 82.5 cm³/mol. The summed E-state index contributed by atoms with van der Waals surface area (Å²) in [5.74, 6) is -1.07. The Kier molecular flexibility index (Phi) is 5.43. The molecule has 8 heteroatoms. The molecule has 0 radical (unpaired) electrons. The zero-order valence-electron chi connectivity index (χ0n) is 12.2. The van der Waals surface area contributed by atoms with E-state index in [0.717, 1.165) is 29.8 Å². The van der Waals surface area contributed by atoms with Gasteiger partial charge in [0.15, 0.2) is 0 Å². The van der Waals surface area contributed by atoms with Gasteiger partial charge in [0, 0.05) is 5.69 Å². The Morgan fingerprint density at radius 1 is 1.09 bits per heavy atom. The van der Waals surface area contributed by atoms with Gasteiger partial charge in [-0.2, -0.15) is 0 Å². The van der Waals surface area contributed by atoms with Crippen LogP contribution in [0.4, 0.5) is 10.1 Å². The summed E-state index contributed by atoms with van der Waals surface area (Å²) in [6.07, 6.45) is 0. The summed E-state index contributed by atoms with van der Waals surface area (Å²) < 4.78 is 36.4. The lowest BCUT2D eigenvalue weighted by atomic mass is 10.2. The molecule has 0 spiro atoms. The van der Waals surface area contributed by atoms with Crippen molar-refractivity contribution in [2.24, 2.45) is 0 Å². The van der Waals surface area contributed by atoms with Gasteiger partial charge in [-0.1, -0.05) is 22.6 Å². The molecule has 0 aliphatic rings. The summed E-state index contributed by atoms with van der Waals surface area (Å²) in [5, 5.41) is 2.55. The summed E-state index contributed by atoms with van der Waals surface area (Å²) in [5.41, 5.74) is 1.62. The van der Waals surface area contributed by atoms with Crippen LogP contribution in [-0.2, 0) is 19.7 Å². The fraction of sp³-hybridized carbons (Fsp3) is 0.133. The maximum Gasteiger partial charge on any atom is 0.262 e. The first kappa shape index (κ1) is 17.1. The average Bonchev–Trinajstić information content (AvgIpc) is 2.50. The third-order valence-corrected chi connectivity index (χ3v) is 4.06. The van der Waals surface area contributed by atoms with E-state index in [9.17, 15) is 17.6 Å². The molecule has 0 aliphatic heterocycles. The quantitative estimate of drug-likeness (QED) is 0.789. The highest BCUT2D eigenvalue weighted by Crippen LogP contribution is 2.10. The lowest BCUT2D eigenvalue weighted by Gasteiger charge is -2.08. The smallest absolute Gasteiger partial charge is 0.262 e. The van der Waals surface area contributed by atoms with E-state index in [4.69, 9.17) is 4.84 Å². The van der Waals surface area contributed by atoms with E-state index in [2.05, 4.69) is 5.32 Å². The highest BCUT2D eigenvalue weighted by atomic mass is 32.2. The number of amides is 1. The number of nitrogens with one attached hydrogen (secondary N) is 2. The van der Waals surface area contributed by atoms with Crippen LogP contribution in [0.2, 0.25) is 0 Å². The molecule has 0 aromatic heterocycles. The molecule has 0 unspecified atom stereocenters. The molecule has 6 nitrogen and oxygen atoms in total. The molecule has 2 aromatic rings. The van der Waals surface area contributed by atoms with Gasteiger partial charge in [0.2, 0.25) is 0 Å². The van der Waals surface area contributed by atoms with Gasteiger partial charge < -0.3 is 5.32 Å². The minimum absolute atomic E-state index is 0.169. The first-order chi connectivity index (χ1) is 10.9. The van der Waals surface area contributed by atoms with Crippen LogP contribution in [-0.4, -0.2) is 20.9 Å². The van der Waals surface area contributed by atoms with E-state index in [1.807, 2.05) is 23.9 Å². The molecule has 0 fully saturated rings. The van der Waals surface area contributed by atoms with Gasteiger partial charge in [0.05, 0.1) is 4.90 Å². The molecular weight excluding hydrogens is 323 g/mol. The Hall–Kier alpha value is -2.29. The SMILES string of the molecule is Cc1ccc(NC(=O)CONS(=O)(=O)c2ccc(F)cc2)cc1. The first-order valence-electron chi connectivity index (χ1n) is 6.62. The van der Waals surface area contributed by atoms with Crippen molar-refractivity contribution in [3.63, 3.8) is 0 Å². The molecule has 2 N–H and O–H groups in total. The third-order valence-electron chi connectivity index (χ3n) is 2.83. The number of hydrogen-bond acceptors (Lipinski definition) is 4. The van der Waals surface area contributed by atoms with Crippen LogP contribution in [0, 0.1) is 12.7 Å². The summed E-state index contributed by atoms with van der Waals surface area (Å²) in [7, 11) is -3.97. The van der Waals surface area contributed by atoms with Crippen LogP contribution in [0.15, 0.2) is 53.4 Å². The van der Waals surface area contributed by atoms with Crippen molar-refractivity contribution >= 4 is 21.6 Å². The van der Waals surface area contributed by atoms with E-state index >= 15 is 0 Å². The van der Waals surface area contributed by atoms with Crippen molar-refractivity contribution in [1.82, 2.24) is 4.89 Å². The molecule has 0 saturated heterocycles. The van der Waals surface area contributed by atoms with Crippen LogP contribution >= 0.6 is 0 Å². The second kappa shape index (κ2) is 7.32. The van der Waals surface area contributed by atoms with Crippen molar-refractivity contribution in [1.29, 1.82) is 0 Å². The highest BCUT2D eigenvalue weighted by molar-refractivity contribution is 7.89. The normalized spacial score (nSPS) is 11.2. The fourth-order valence-electron chi connectivity index (χ4n) is 1.67. The van der Waals surface area contributed by atoms with E-state index in [0.29, 0.717) is 5.69 Å². The summed E-state index contributed by atoms with van der Waals surface area (Å²) in [4.78, 5) is 18.0. The van der Waals surface area contributed by atoms with Crippen molar-refractivity contribution in [2.75, 3.05) is 11.9 Å². The number of hydrogen-bond donors (Lipinski definition) is 2. The zero-order valence-corrected chi connectivity index (χ0v) is 13.1. The molecule has 0 heterocycles. The van der Waals surface area contributed by atoms with E-state index in [-0.39, 0.29) is 4.90 Å². The topological polar surface area (TPSA) is 84.5 Å². The fourth-order valence-corrected chi connectivity index (χ4v) is 2.47. The molecule has 23 heavy (non-hydrogen) atoms. The van der Waals surface area contributed by atoms with E-state index in [1.165, 1.54) is 0 Å². The number of anilines is 1. The van der Waals surface area contributed by atoms with Gasteiger partial charge in [-0.05, 0) is 43.3 Å². The minimum Gasteiger partial charge on any atom is -0.324 e. The number of halogens is 1. The largest absolute Gasteiger partial charge is 0.324 e. The second-order valence-corrected chi connectivity index (χ2v) is 6.39. The van der Waals surface area contributed by atoms with Crippen LogP contribution in [0.25, 0.3) is 0 Å². The Balaban J connectivity index is 1.85. The molecule has 2 rings (SSSR count). The van der Waals surface area contributed by atoms with Gasteiger partial charge in [-0.25, -0.2) is 12.8 Å². The Labute approximate surface area is 133 Å². The zero-order chi connectivity index (χ0) is 16.9. The van der Waals surface area contributed by atoms with Crippen molar-refractivity contribution in [2.45, 2.75) is 11.8 Å². The molecule has 0 atom stereocenters. The Morgan fingerprint density at radius 2 is 1.70 bits per heavy atom. The highest BCUT2D eigenvalue weighted by Gasteiger charge is 2.15. The standard InChI is InChI=1S/C15H15FN2O4S/c1-11-2-6-13(7-3-11)17-15(19)10-22-18-23(20,21)14-8-4-12(16)5-9-14/h2-9,18H,10H2,1H3,(H,17,19). The van der Waals surface area contributed by atoms with Gasteiger partial charge in [-0.3, -0.25) is 9.63 Å². The lowest BCUT2D eigenvalue weighted by molar-refractivity contribution is -0.121. The summed E-state index contributed by atoms with van der Waals surface area (Å²) in [6.45, 7) is 1.41. The molecule has 2 aromatic carbocycles. The van der Waals surface area contributed by atoms with Gasteiger partial charge in [-0.15, -0.1) is 0 Å². The second-order valence-electron chi connectivity index (χ2n) is 4.74. The third kappa shape index (κ3) is 5.13. The maximum atomic E-state index is 12.8. The molecule has 0 bridgehead atoms. The molecular formula is C15H15FN2O4S. The lowest BCUT2D eigenvalue weighted by Crippen LogP contribution is -2.29. The number of aryl methyl sites for hydroxylation is 1. The van der Waals surface area contributed by atoms with Crippen LogP contribution in [0.1, 0.15) is 5.56 Å². The first-order valence-corrected chi connectivity index (χ1v) is 8.11. The monoisotopic (exact) mass is 338 g/mol. The number of sulfonamides is 1. The van der Waals surface area contributed by atoms with Crippen molar-refractivity contribution in [3.05, 3.63) is 59.9 Å². The van der Waals surface area contributed by atoms with Crippen molar-refractivity contribution in [3.8, 4) is 0 Å². The number of carbonyl (C=O) groups excluding carboxylic acids is 1. The van der Waals surface area contributed by atoms with E-state index < -0.39 is 28.4 Å². The maximum absolute atomic E-state index is 12.8. The Bertz CT molecular complexity index is 774. The molecule has 1 amide bonds. The van der Waals surface area contributed by atoms with Crippen LogP contribution in [0.3, 0.4) is 0 Å². The summed E-state index contributed by atoms with van der Waals surface area (Å²) in [6, 6.07) is 11.3. The molecule has 122 valence electrons. The number of benzene rings is 2. The minimum atomic E-state index is -3.97. The average molecular weight is 338 g/mol. The van der Waals surface area contributed by atoms with Gasteiger partial charge in [0.1, 0.15) is 12.4 Å².